The van der Waals surface area contributed by atoms with Gasteiger partial charge in [0.2, 0.25) is 15.9 Å². The Bertz CT molecular complexity index is 1860. The van der Waals surface area contributed by atoms with Crippen LogP contribution >= 0.6 is 46.4 Å². The second kappa shape index (κ2) is 15.7. The second-order valence-corrected chi connectivity index (χ2v) is 14.4. The molecule has 0 spiro atoms. The minimum atomic E-state index is -4.48. The molecular weight excluding hydrogens is 744 g/mol. The predicted octanol–water partition coefficient (Wildman–Crippen LogP) is 5.19. The Hall–Kier alpha value is -3.92. The van der Waals surface area contributed by atoms with E-state index < -0.39 is 51.5 Å². The van der Waals surface area contributed by atoms with E-state index in [0.717, 1.165) is 16.4 Å². The molecule has 3 amide bonds. The third kappa shape index (κ3) is 8.63. The van der Waals surface area contributed by atoms with Crippen molar-refractivity contribution in [3.63, 3.8) is 0 Å². The molecule has 4 N–H and O–H groups in total. The number of alkyl carbamates (subject to hydrolysis) is 1. The largest absolute Gasteiger partial charge is 0.480 e. The van der Waals surface area contributed by atoms with Gasteiger partial charge < -0.3 is 25.8 Å². The summed E-state index contributed by atoms with van der Waals surface area (Å²) in [5.41, 5.74) is -1.24. The molecule has 18 heteroatoms. The lowest BCUT2D eigenvalue weighted by atomic mass is 9.92. The number of carboxylic acid groups (broad SMARTS) is 1. The highest BCUT2D eigenvalue weighted by atomic mass is 35.5. The number of carbonyl (C=O) groups is 4. The molecule has 4 rings (SSSR count). The van der Waals surface area contributed by atoms with Crippen molar-refractivity contribution in [2.24, 2.45) is 0 Å². The minimum absolute atomic E-state index is 0.0211. The zero-order valence-corrected chi connectivity index (χ0v) is 29.4. The van der Waals surface area contributed by atoms with E-state index in [0.29, 0.717) is 11.3 Å². The number of nitrogens with zero attached hydrogens (tertiary/aromatic N) is 2. The lowest BCUT2D eigenvalue weighted by Gasteiger charge is -2.37. The first-order chi connectivity index (χ1) is 23.1. The van der Waals surface area contributed by atoms with Crippen LogP contribution in [0.3, 0.4) is 0 Å². The number of aliphatic carboxylic acids is 1. The summed E-state index contributed by atoms with van der Waals surface area (Å²) in [6.45, 7) is 4.36. The van der Waals surface area contributed by atoms with Crippen molar-refractivity contribution in [3.05, 3.63) is 98.7 Å². The summed E-state index contributed by atoms with van der Waals surface area (Å²) in [6.07, 6.45) is 2.66. The first kappa shape index (κ1) is 37.9. The monoisotopic (exact) mass is 771 g/mol. The lowest BCUT2D eigenvalue weighted by Crippen LogP contribution is -2.65. The molecular formula is C31H29Cl4N5O8S. The van der Waals surface area contributed by atoms with Gasteiger partial charge in [0.1, 0.15) is 18.2 Å². The maximum absolute atomic E-state index is 14.1. The van der Waals surface area contributed by atoms with Gasteiger partial charge in [0, 0.05) is 41.1 Å². The van der Waals surface area contributed by atoms with Crippen LogP contribution < -0.4 is 16.0 Å². The Labute approximate surface area is 301 Å². The molecule has 13 nitrogen and oxygen atoms in total. The van der Waals surface area contributed by atoms with Crippen molar-refractivity contribution >= 4 is 86.0 Å². The Morgan fingerprint density at radius 1 is 1.08 bits per heavy atom. The molecule has 1 aliphatic rings. The molecule has 3 aromatic rings. The molecule has 1 aliphatic heterocycles. The number of hydrogen-bond donors (Lipinski definition) is 4. The van der Waals surface area contributed by atoms with Crippen LogP contribution in [-0.4, -0.2) is 77.5 Å². The first-order valence-electron chi connectivity index (χ1n) is 14.3. The number of pyridine rings is 1. The Morgan fingerprint density at radius 3 is 2.27 bits per heavy atom. The van der Waals surface area contributed by atoms with Crippen molar-refractivity contribution in [2.45, 2.75) is 42.3 Å². The van der Waals surface area contributed by atoms with E-state index >= 15 is 0 Å². The number of benzene rings is 2. The van der Waals surface area contributed by atoms with Crippen molar-refractivity contribution < 1.29 is 37.4 Å². The van der Waals surface area contributed by atoms with E-state index in [1.54, 1.807) is 0 Å². The van der Waals surface area contributed by atoms with Gasteiger partial charge in [-0.15, -0.1) is 0 Å². The normalized spacial score (nSPS) is 18.3. The van der Waals surface area contributed by atoms with Gasteiger partial charge in [-0.05, 0) is 49.2 Å². The van der Waals surface area contributed by atoms with Crippen LogP contribution in [0.4, 0.5) is 10.5 Å². The molecule has 1 fully saturated rings. The smallest absolute Gasteiger partial charge is 0.407 e. The summed E-state index contributed by atoms with van der Waals surface area (Å²) in [5.74, 6) is -3.01. The molecule has 0 aliphatic carbocycles. The number of rotatable bonds is 12. The van der Waals surface area contributed by atoms with E-state index in [9.17, 15) is 32.7 Å². The van der Waals surface area contributed by atoms with Gasteiger partial charge in [0.25, 0.3) is 5.91 Å². The molecule has 2 heterocycles. The summed E-state index contributed by atoms with van der Waals surface area (Å²) < 4.78 is 33.7. The number of amides is 3. The number of hydrogen-bond acceptors (Lipinski definition) is 8. The van der Waals surface area contributed by atoms with Crippen molar-refractivity contribution in [1.82, 2.24) is 19.9 Å². The molecule has 1 unspecified atom stereocenters. The summed E-state index contributed by atoms with van der Waals surface area (Å²) >= 11 is 24.3. The highest BCUT2D eigenvalue weighted by Gasteiger charge is 2.57. The molecule has 0 radical (unpaired) electrons. The molecule has 260 valence electrons. The maximum atomic E-state index is 14.1. The summed E-state index contributed by atoms with van der Waals surface area (Å²) in [6, 6.07) is 7.05. The summed E-state index contributed by atoms with van der Waals surface area (Å²) in [4.78, 5) is 55.2. The fourth-order valence-electron chi connectivity index (χ4n) is 5.20. The number of sulfonamides is 1. The van der Waals surface area contributed by atoms with Crippen molar-refractivity contribution in [3.8, 4) is 0 Å². The first-order valence-corrected chi connectivity index (χ1v) is 17.3. The molecule has 2 aromatic carbocycles. The lowest BCUT2D eigenvalue weighted by molar-refractivity contribution is -0.143. The van der Waals surface area contributed by atoms with Crippen LogP contribution in [0.2, 0.25) is 20.1 Å². The Kier molecular flexibility index (Phi) is 12.2. The molecule has 3 atom stereocenters. The van der Waals surface area contributed by atoms with E-state index in [1.807, 2.05) is 0 Å². The average molecular weight is 773 g/mol. The van der Waals surface area contributed by atoms with E-state index in [2.05, 4.69) is 27.5 Å². The average Bonchev–Trinajstić information content (AvgIpc) is 3.37. The van der Waals surface area contributed by atoms with Gasteiger partial charge in [0.15, 0.2) is 0 Å². The van der Waals surface area contributed by atoms with Crippen LogP contribution in [0, 0.1) is 0 Å². The van der Waals surface area contributed by atoms with Gasteiger partial charge in [-0.2, -0.15) is 4.31 Å². The number of carbonyl (C=O) groups excluding carboxylic acids is 3. The van der Waals surface area contributed by atoms with Gasteiger partial charge in [-0.3, -0.25) is 14.6 Å². The van der Waals surface area contributed by atoms with Crippen LogP contribution in [0.1, 0.15) is 29.3 Å². The maximum Gasteiger partial charge on any atom is 0.407 e. The van der Waals surface area contributed by atoms with Crippen LogP contribution in [0.25, 0.3) is 0 Å². The zero-order chi connectivity index (χ0) is 36.1. The van der Waals surface area contributed by atoms with Crippen molar-refractivity contribution in [2.75, 3.05) is 18.5 Å². The number of anilines is 1. The minimum Gasteiger partial charge on any atom is -0.480 e. The van der Waals surface area contributed by atoms with Gasteiger partial charge in [-0.25, -0.2) is 18.0 Å². The van der Waals surface area contributed by atoms with Crippen LogP contribution in [0.5, 0.6) is 0 Å². The van der Waals surface area contributed by atoms with Gasteiger partial charge in [0.05, 0.1) is 26.5 Å². The molecule has 1 aromatic heterocycles. The van der Waals surface area contributed by atoms with Crippen LogP contribution in [-0.2, 0) is 30.8 Å². The predicted molar refractivity (Wildman–Crippen MR) is 184 cm³/mol. The number of halogens is 4. The summed E-state index contributed by atoms with van der Waals surface area (Å²) in [7, 11) is -4.48. The number of ether oxygens (including phenoxy) is 1. The van der Waals surface area contributed by atoms with Gasteiger partial charge >= 0.3 is 12.1 Å². The second-order valence-electron chi connectivity index (χ2n) is 10.9. The highest BCUT2D eigenvalue weighted by Crippen LogP contribution is 2.37. The Balaban J connectivity index is 1.58. The quantitative estimate of drug-likeness (QED) is 0.180. The van der Waals surface area contributed by atoms with E-state index in [-0.39, 0.29) is 56.5 Å². The third-order valence-electron chi connectivity index (χ3n) is 7.66. The third-order valence-corrected chi connectivity index (χ3v) is 10.6. The fraction of sp³-hybridized carbons (Fsp3) is 0.258. The molecule has 49 heavy (non-hydrogen) atoms. The topological polar surface area (TPSA) is 184 Å². The van der Waals surface area contributed by atoms with Gasteiger partial charge in [-0.1, -0.05) is 71.2 Å². The highest BCUT2D eigenvalue weighted by molar-refractivity contribution is 7.89. The van der Waals surface area contributed by atoms with E-state index in [1.165, 1.54) is 55.7 Å². The molecule has 0 saturated carbocycles. The standard InChI is InChI=1S/C31H29Cl4N5O8S/c1-3-10-48-30(45)39-25-8-9-40(49(46,47)21-13-18(32)12-19(33)14-21)31(25,2)29(44)38-24(28(42)43)11-17-4-6-20(7-5-17)37-27(41)26-22(34)15-36-16-23(26)35/h3-7,12-16,24-25H,1,8-11H2,2H3,(H,37,41)(H,38,44)(H,39,45)(H,42,43)/t24-,25+,31?/m0/s1. The SMILES string of the molecule is C=CCOC(=O)N[C@@H]1CCN(S(=O)(=O)c2cc(Cl)cc(Cl)c2)C1(C)C(=O)N[C@@H](Cc1ccc(NC(=O)c2c(Cl)cncc2Cl)cc1)C(=O)O. The number of nitrogens with one attached hydrogen (secondary N) is 3. The summed E-state index contributed by atoms with van der Waals surface area (Å²) in [5, 5.41) is 17.8. The number of carboxylic acids is 1. The molecule has 1 saturated heterocycles. The number of aromatic nitrogens is 1. The Morgan fingerprint density at radius 2 is 1.69 bits per heavy atom. The van der Waals surface area contributed by atoms with Crippen LogP contribution in [0.15, 0.2) is 72.4 Å². The molecule has 0 bridgehead atoms. The van der Waals surface area contributed by atoms with Crippen molar-refractivity contribution in [1.29, 1.82) is 0 Å². The fourth-order valence-corrected chi connectivity index (χ4v) is 8.25. The van der Waals surface area contributed by atoms with E-state index in [4.69, 9.17) is 51.1 Å². The zero-order valence-electron chi connectivity index (χ0n) is 25.6.